The van der Waals surface area contributed by atoms with E-state index in [4.69, 9.17) is 16.3 Å². The van der Waals surface area contributed by atoms with Gasteiger partial charge in [0.1, 0.15) is 0 Å². The van der Waals surface area contributed by atoms with Crippen LogP contribution in [0.4, 0.5) is 5.69 Å². The first-order valence-corrected chi connectivity index (χ1v) is 8.13. The van der Waals surface area contributed by atoms with E-state index in [0.717, 1.165) is 12.1 Å². The maximum atomic E-state index is 12.7. The third-order valence-electron chi connectivity index (χ3n) is 3.12. The number of hydrogen-bond donors (Lipinski definition) is 0. The van der Waals surface area contributed by atoms with Gasteiger partial charge in [0.05, 0.1) is 17.1 Å². The second-order valence-corrected chi connectivity index (χ2v) is 7.29. The van der Waals surface area contributed by atoms with Crippen LogP contribution in [0.2, 0.25) is 5.02 Å². The number of nitrogens with zero attached hydrogens (tertiary/aromatic N) is 2. The number of hydrogen-bond acceptors (Lipinski definition) is 5. The molecule has 1 aromatic carbocycles. The van der Waals surface area contributed by atoms with Crippen LogP contribution in [-0.4, -0.2) is 42.9 Å². The topological polar surface area (TPSA) is 89.8 Å². The number of rotatable bonds is 3. The molecule has 1 aliphatic heterocycles. The van der Waals surface area contributed by atoms with Gasteiger partial charge in [0.15, 0.2) is 4.90 Å². The molecule has 0 spiro atoms. The molecule has 1 aromatic rings. The Bertz CT molecular complexity index is 654. The summed E-state index contributed by atoms with van der Waals surface area (Å²) in [5.74, 6) is 0. The van der Waals surface area contributed by atoms with Crippen LogP contribution in [0.3, 0.4) is 0 Å². The van der Waals surface area contributed by atoms with Crippen LogP contribution in [0, 0.1) is 10.1 Å². The zero-order valence-corrected chi connectivity index (χ0v) is 13.1. The predicted molar refractivity (Wildman–Crippen MR) is 76.9 cm³/mol. The number of ether oxygens (including phenoxy) is 1. The lowest BCUT2D eigenvalue weighted by Gasteiger charge is -2.34. The largest absolute Gasteiger partial charge is 0.373 e. The fourth-order valence-corrected chi connectivity index (χ4v) is 4.32. The first-order valence-electron chi connectivity index (χ1n) is 6.31. The van der Waals surface area contributed by atoms with Gasteiger partial charge in [0.25, 0.3) is 5.69 Å². The molecule has 0 unspecified atom stereocenters. The summed E-state index contributed by atoms with van der Waals surface area (Å²) >= 11 is 5.79. The Morgan fingerprint density at radius 2 is 1.90 bits per heavy atom. The number of morpholine rings is 1. The minimum atomic E-state index is -4.00. The maximum absolute atomic E-state index is 12.7. The Labute approximate surface area is 127 Å². The Balaban J connectivity index is 2.49. The Morgan fingerprint density at radius 3 is 2.43 bits per heavy atom. The summed E-state index contributed by atoms with van der Waals surface area (Å²) < 4.78 is 32.0. The second-order valence-electron chi connectivity index (χ2n) is 4.95. The van der Waals surface area contributed by atoms with Gasteiger partial charge < -0.3 is 4.74 Å². The summed E-state index contributed by atoms with van der Waals surface area (Å²) in [6.45, 7) is 3.81. The molecule has 21 heavy (non-hydrogen) atoms. The molecule has 2 atom stereocenters. The molecule has 0 aromatic heterocycles. The summed E-state index contributed by atoms with van der Waals surface area (Å²) in [6.07, 6.45) is -0.552. The highest BCUT2D eigenvalue weighted by Crippen LogP contribution is 2.30. The summed E-state index contributed by atoms with van der Waals surface area (Å²) in [7, 11) is -4.00. The van der Waals surface area contributed by atoms with Crippen LogP contribution in [-0.2, 0) is 14.8 Å². The van der Waals surface area contributed by atoms with Crippen LogP contribution in [0.1, 0.15) is 13.8 Å². The summed E-state index contributed by atoms with van der Waals surface area (Å²) in [5.41, 5.74) is -0.480. The number of nitro benzene ring substituents is 1. The van der Waals surface area contributed by atoms with Gasteiger partial charge in [-0.3, -0.25) is 10.1 Å². The number of sulfonamides is 1. The fourth-order valence-electron chi connectivity index (χ4n) is 2.31. The lowest BCUT2D eigenvalue weighted by molar-refractivity contribution is -0.387. The van der Waals surface area contributed by atoms with Crippen LogP contribution < -0.4 is 0 Å². The number of halogens is 1. The summed E-state index contributed by atoms with van der Waals surface area (Å²) in [4.78, 5) is 9.93. The molecule has 9 heteroatoms. The molecule has 0 amide bonds. The highest BCUT2D eigenvalue weighted by Gasteiger charge is 2.36. The lowest BCUT2D eigenvalue weighted by Crippen LogP contribution is -2.48. The Kier molecular flexibility index (Phi) is 4.52. The Morgan fingerprint density at radius 1 is 1.33 bits per heavy atom. The number of nitro groups is 1. The van der Waals surface area contributed by atoms with Crippen molar-refractivity contribution in [2.24, 2.45) is 0 Å². The number of benzene rings is 1. The monoisotopic (exact) mass is 334 g/mol. The standard InChI is InChI=1S/C12H15ClN2O5S/c1-8-6-14(7-9(2)20-8)21(18,19)12-5-10(13)3-4-11(12)15(16)17/h3-5,8-9H,6-7H2,1-2H3/t8-,9-/m1/s1. The van der Waals surface area contributed by atoms with Gasteiger partial charge in [-0.05, 0) is 26.0 Å². The van der Waals surface area contributed by atoms with Crippen LogP contribution in [0.25, 0.3) is 0 Å². The molecule has 0 aliphatic carbocycles. The van der Waals surface area contributed by atoms with E-state index in [2.05, 4.69) is 0 Å². The molecule has 0 saturated carbocycles. The third-order valence-corrected chi connectivity index (χ3v) is 5.22. The smallest absolute Gasteiger partial charge is 0.289 e. The van der Waals surface area contributed by atoms with Crippen molar-refractivity contribution in [1.29, 1.82) is 0 Å². The van der Waals surface area contributed by atoms with E-state index in [1.54, 1.807) is 13.8 Å². The molecule has 7 nitrogen and oxygen atoms in total. The van der Waals surface area contributed by atoms with Gasteiger partial charge in [-0.15, -0.1) is 0 Å². The highest BCUT2D eigenvalue weighted by atomic mass is 35.5. The third kappa shape index (κ3) is 3.34. The van der Waals surface area contributed by atoms with E-state index >= 15 is 0 Å². The van der Waals surface area contributed by atoms with E-state index in [-0.39, 0.29) is 35.2 Å². The normalized spacial score (nSPS) is 24.0. The van der Waals surface area contributed by atoms with Crippen LogP contribution >= 0.6 is 11.6 Å². The molecule has 0 bridgehead atoms. The van der Waals surface area contributed by atoms with Crippen molar-refractivity contribution in [3.05, 3.63) is 33.3 Å². The van der Waals surface area contributed by atoms with Crippen molar-refractivity contribution in [2.75, 3.05) is 13.1 Å². The second kappa shape index (κ2) is 5.88. The van der Waals surface area contributed by atoms with Crippen molar-refractivity contribution in [3.8, 4) is 0 Å². The van der Waals surface area contributed by atoms with E-state index in [9.17, 15) is 18.5 Å². The molecule has 2 rings (SSSR count). The van der Waals surface area contributed by atoms with Crippen molar-refractivity contribution in [1.82, 2.24) is 4.31 Å². The van der Waals surface area contributed by atoms with Crippen LogP contribution in [0.5, 0.6) is 0 Å². The first kappa shape index (κ1) is 16.2. The van der Waals surface area contributed by atoms with Gasteiger partial charge in [-0.25, -0.2) is 8.42 Å². The summed E-state index contributed by atoms with van der Waals surface area (Å²) in [5, 5.41) is 11.2. The molecular weight excluding hydrogens is 320 g/mol. The Hall–Kier alpha value is -1.22. The highest BCUT2D eigenvalue weighted by molar-refractivity contribution is 7.89. The average molecular weight is 335 g/mol. The van der Waals surface area contributed by atoms with E-state index in [1.165, 1.54) is 10.4 Å². The molecule has 0 radical (unpaired) electrons. The van der Waals surface area contributed by atoms with Crippen molar-refractivity contribution in [2.45, 2.75) is 31.0 Å². The van der Waals surface area contributed by atoms with Crippen LogP contribution in [0.15, 0.2) is 23.1 Å². The average Bonchev–Trinajstić information content (AvgIpc) is 2.37. The molecule has 1 aliphatic rings. The van der Waals surface area contributed by atoms with Crippen molar-refractivity contribution < 1.29 is 18.1 Å². The fraction of sp³-hybridized carbons (Fsp3) is 0.500. The van der Waals surface area contributed by atoms with Gasteiger partial charge in [-0.2, -0.15) is 4.31 Å². The predicted octanol–water partition coefficient (Wildman–Crippen LogP) is 2.05. The molecule has 0 N–H and O–H groups in total. The molecule has 1 heterocycles. The van der Waals surface area contributed by atoms with Crippen molar-refractivity contribution >= 4 is 27.3 Å². The molecular formula is C12H15ClN2O5S. The van der Waals surface area contributed by atoms with Gasteiger partial charge in [-0.1, -0.05) is 11.6 Å². The van der Waals surface area contributed by atoms with E-state index < -0.39 is 20.6 Å². The SMILES string of the molecule is C[C@@H]1CN(S(=O)(=O)c2cc(Cl)ccc2[N+](=O)[O-])C[C@@H](C)O1. The molecule has 1 saturated heterocycles. The summed E-state index contributed by atoms with van der Waals surface area (Å²) in [6, 6.07) is 3.51. The van der Waals surface area contributed by atoms with Crippen molar-refractivity contribution in [3.63, 3.8) is 0 Å². The first-order chi connectivity index (χ1) is 9.71. The zero-order valence-electron chi connectivity index (χ0n) is 11.5. The maximum Gasteiger partial charge on any atom is 0.289 e. The minimum absolute atomic E-state index is 0.133. The zero-order chi connectivity index (χ0) is 15.8. The van der Waals surface area contributed by atoms with E-state index in [0.29, 0.717) is 0 Å². The quantitative estimate of drug-likeness (QED) is 0.623. The van der Waals surface area contributed by atoms with Gasteiger partial charge in [0, 0.05) is 24.2 Å². The van der Waals surface area contributed by atoms with Gasteiger partial charge >= 0.3 is 0 Å². The van der Waals surface area contributed by atoms with E-state index in [1.807, 2.05) is 0 Å². The lowest BCUT2D eigenvalue weighted by atomic mass is 10.3. The minimum Gasteiger partial charge on any atom is -0.373 e. The molecule has 1 fully saturated rings. The molecule has 116 valence electrons. The van der Waals surface area contributed by atoms with Gasteiger partial charge in [0.2, 0.25) is 10.0 Å².